The smallest absolute Gasteiger partial charge is 0.163 e. The molecule has 2 unspecified atom stereocenters. The Labute approximate surface area is 128 Å². The Morgan fingerprint density at radius 2 is 2.09 bits per heavy atom. The van der Waals surface area contributed by atoms with E-state index in [9.17, 15) is 0 Å². The number of nitrogens with zero attached hydrogens (tertiary/aromatic N) is 4. The van der Waals surface area contributed by atoms with Gasteiger partial charge in [-0.2, -0.15) is 5.10 Å². The first-order chi connectivity index (χ1) is 10.6. The summed E-state index contributed by atoms with van der Waals surface area (Å²) in [6.07, 6.45) is 2.70. The summed E-state index contributed by atoms with van der Waals surface area (Å²) in [6, 6.07) is 8.44. The highest BCUT2D eigenvalue weighted by Gasteiger charge is 2.30. The van der Waals surface area contributed by atoms with Crippen LogP contribution >= 0.6 is 0 Å². The zero-order valence-corrected chi connectivity index (χ0v) is 12.6. The van der Waals surface area contributed by atoms with Gasteiger partial charge in [0.05, 0.1) is 23.7 Å². The van der Waals surface area contributed by atoms with Crippen molar-refractivity contribution < 1.29 is 0 Å². The Balaban J connectivity index is 1.71. The average Bonchev–Trinajstić information content (AvgIpc) is 3.02. The Bertz CT molecular complexity index is 853. The Kier molecular flexibility index (Phi) is 2.87. The number of hydrogen-bond donors (Lipinski definition) is 2. The molecule has 0 saturated carbocycles. The van der Waals surface area contributed by atoms with Crippen LogP contribution in [0.25, 0.3) is 11.0 Å². The second-order valence-electron chi connectivity index (χ2n) is 5.80. The fourth-order valence-corrected chi connectivity index (χ4v) is 3.18. The van der Waals surface area contributed by atoms with E-state index in [1.165, 1.54) is 11.1 Å². The maximum Gasteiger partial charge on any atom is 0.163 e. The number of aromatic nitrogens is 4. The third-order valence-electron chi connectivity index (χ3n) is 4.31. The van der Waals surface area contributed by atoms with Crippen LogP contribution in [-0.4, -0.2) is 25.8 Å². The summed E-state index contributed by atoms with van der Waals surface area (Å²) < 4.78 is 1.76. The van der Waals surface area contributed by atoms with Gasteiger partial charge in [0.1, 0.15) is 11.6 Å². The second-order valence-corrected chi connectivity index (χ2v) is 5.80. The van der Waals surface area contributed by atoms with Gasteiger partial charge in [-0.15, -0.1) is 0 Å². The topological polar surface area (TPSA) is 81.6 Å². The van der Waals surface area contributed by atoms with Gasteiger partial charge in [0.2, 0.25) is 0 Å². The predicted molar refractivity (Wildman–Crippen MR) is 85.5 cm³/mol. The van der Waals surface area contributed by atoms with Crippen LogP contribution in [0.3, 0.4) is 0 Å². The molecule has 112 valence electrons. The van der Waals surface area contributed by atoms with Crippen LogP contribution in [0.2, 0.25) is 0 Å². The molecule has 0 radical (unpaired) electrons. The highest BCUT2D eigenvalue weighted by Crippen LogP contribution is 2.32. The van der Waals surface area contributed by atoms with Crippen molar-refractivity contribution in [3.63, 3.8) is 0 Å². The van der Waals surface area contributed by atoms with E-state index < -0.39 is 0 Å². The monoisotopic (exact) mass is 294 g/mol. The number of fused-ring (bicyclic) bond motifs is 2. The zero-order chi connectivity index (χ0) is 15.3. The minimum atomic E-state index is -0.0295. The maximum atomic E-state index is 6.40. The third kappa shape index (κ3) is 1.95. The van der Waals surface area contributed by atoms with Gasteiger partial charge in [-0.3, -0.25) is 4.68 Å². The molecular weight excluding hydrogens is 276 g/mol. The molecule has 3 N–H and O–H groups in total. The molecule has 0 aliphatic heterocycles. The maximum absolute atomic E-state index is 6.40. The molecule has 1 aromatic carbocycles. The van der Waals surface area contributed by atoms with Crippen molar-refractivity contribution in [2.45, 2.75) is 25.4 Å². The second kappa shape index (κ2) is 4.78. The van der Waals surface area contributed by atoms with Crippen LogP contribution in [0.4, 0.5) is 5.82 Å². The van der Waals surface area contributed by atoms with E-state index in [4.69, 9.17) is 5.73 Å². The third-order valence-corrected chi connectivity index (χ3v) is 4.31. The molecule has 0 saturated heterocycles. The molecule has 2 aromatic heterocycles. The summed E-state index contributed by atoms with van der Waals surface area (Å²) in [7, 11) is 1.88. The molecule has 6 nitrogen and oxygen atoms in total. The zero-order valence-electron chi connectivity index (χ0n) is 12.6. The molecule has 6 heteroatoms. The van der Waals surface area contributed by atoms with Crippen LogP contribution in [0, 0.1) is 6.92 Å². The quantitative estimate of drug-likeness (QED) is 0.752. The van der Waals surface area contributed by atoms with Crippen molar-refractivity contribution in [2.24, 2.45) is 12.8 Å². The molecule has 0 amide bonds. The molecule has 2 heterocycles. The van der Waals surface area contributed by atoms with Crippen molar-refractivity contribution in [2.75, 3.05) is 5.32 Å². The van der Waals surface area contributed by atoms with E-state index in [1.807, 2.05) is 20.0 Å². The van der Waals surface area contributed by atoms with E-state index in [2.05, 4.69) is 38.6 Å². The first-order valence-corrected chi connectivity index (χ1v) is 7.40. The fraction of sp³-hybridized carbons (Fsp3) is 0.312. The summed E-state index contributed by atoms with van der Waals surface area (Å²) >= 11 is 0. The van der Waals surface area contributed by atoms with Gasteiger partial charge in [-0.1, -0.05) is 24.3 Å². The van der Waals surface area contributed by atoms with Crippen LogP contribution in [-0.2, 0) is 13.5 Å². The number of nitrogens with one attached hydrogen (secondary N) is 1. The van der Waals surface area contributed by atoms with Gasteiger partial charge in [0.25, 0.3) is 0 Å². The normalized spacial score (nSPS) is 20.3. The first kappa shape index (κ1) is 13.2. The van der Waals surface area contributed by atoms with E-state index >= 15 is 0 Å². The van der Waals surface area contributed by atoms with Crippen LogP contribution < -0.4 is 11.1 Å². The number of nitrogens with two attached hydrogens (primary N) is 1. The molecular formula is C16H18N6. The lowest BCUT2D eigenvalue weighted by Crippen LogP contribution is -2.30. The standard InChI is InChI=1S/C16H18N6/c1-9-19-15(12-8-18-22(2)16(12)20-9)21-13-7-10-5-3-4-6-11(10)14(13)17/h3-6,8,13-14H,7,17H2,1-2H3,(H,19,20,21). The number of anilines is 1. The minimum absolute atomic E-state index is 0.0295. The van der Waals surface area contributed by atoms with E-state index in [0.29, 0.717) is 0 Å². The van der Waals surface area contributed by atoms with Crippen molar-refractivity contribution >= 4 is 16.9 Å². The van der Waals surface area contributed by atoms with Crippen molar-refractivity contribution in [3.05, 3.63) is 47.4 Å². The Morgan fingerprint density at radius 1 is 1.27 bits per heavy atom. The Hall–Kier alpha value is -2.47. The lowest BCUT2D eigenvalue weighted by molar-refractivity contribution is 0.628. The lowest BCUT2D eigenvalue weighted by atomic mass is 10.1. The number of hydrogen-bond acceptors (Lipinski definition) is 5. The van der Waals surface area contributed by atoms with Gasteiger partial charge < -0.3 is 11.1 Å². The molecule has 0 spiro atoms. The first-order valence-electron chi connectivity index (χ1n) is 7.40. The van der Waals surface area contributed by atoms with Crippen molar-refractivity contribution in [1.82, 2.24) is 19.7 Å². The van der Waals surface area contributed by atoms with Gasteiger partial charge in [0, 0.05) is 7.05 Å². The molecule has 1 aliphatic carbocycles. The van der Waals surface area contributed by atoms with E-state index in [0.717, 1.165) is 29.1 Å². The average molecular weight is 294 g/mol. The van der Waals surface area contributed by atoms with E-state index in [1.54, 1.807) is 10.9 Å². The lowest BCUT2D eigenvalue weighted by Gasteiger charge is -2.19. The molecule has 0 fully saturated rings. The van der Waals surface area contributed by atoms with Gasteiger partial charge in [-0.25, -0.2) is 9.97 Å². The highest BCUT2D eigenvalue weighted by molar-refractivity contribution is 5.86. The fourth-order valence-electron chi connectivity index (χ4n) is 3.18. The van der Waals surface area contributed by atoms with Gasteiger partial charge >= 0.3 is 0 Å². The largest absolute Gasteiger partial charge is 0.364 e. The molecule has 2 atom stereocenters. The highest BCUT2D eigenvalue weighted by atomic mass is 15.3. The summed E-state index contributed by atoms with van der Waals surface area (Å²) in [5, 5.41) is 8.71. The molecule has 4 rings (SSSR count). The molecule has 1 aliphatic rings. The van der Waals surface area contributed by atoms with Crippen LogP contribution in [0.15, 0.2) is 30.5 Å². The minimum Gasteiger partial charge on any atom is -0.364 e. The summed E-state index contributed by atoms with van der Waals surface area (Å²) in [6.45, 7) is 1.89. The van der Waals surface area contributed by atoms with E-state index in [-0.39, 0.29) is 12.1 Å². The van der Waals surface area contributed by atoms with Crippen LogP contribution in [0.1, 0.15) is 23.0 Å². The molecule has 3 aromatic rings. The summed E-state index contributed by atoms with van der Waals surface area (Å²) in [4.78, 5) is 8.99. The predicted octanol–water partition coefficient (Wildman–Crippen LogP) is 1.71. The van der Waals surface area contributed by atoms with Gasteiger partial charge in [0.15, 0.2) is 5.65 Å². The SMILES string of the molecule is Cc1nc(NC2Cc3ccccc3C2N)c2cnn(C)c2n1. The van der Waals surface area contributed by atoms with Crippen molar-refractivity contribution in [1.29, 1.82) is 0 Å². The number of benzene rings is 1. The van der Waals surface area contributed by atoms with Crippen LogP contribution in [0.5, 0.6) is 0 Å². The molecule has 22 heavy (non-hydrogen) atoms. The van der Waals surface area contributed by atoms with Crippen molar-refractivity contribution in [3.8, 4) is 0 Å². The number of aryl methyl sites for hydroxylation is 2. The summed E-state index contributed by atoms with van der Waals surface area (Å²) in [5.74, 6) is 1.53. The number of rotatable bonds is 2. The Morgan fingerprint density at radius 3 is 2.91 bits per heavy atom. The van der Waals surface area contributed by atoms with Gasteiger partial charge in [-0.05, 0) is 24.5 Å². The molecule has 0 bridgehead atoms. The summed E-state index contributed by atoms with van der Waals surface area (Å²) in [5.41, 5.74) is 9.75.